The Labute approximate surface area is 211 Å². The maximum atomic E-state index is 13.8. The van der Waals surface area contributed by atoms with Crippen molar-refractivity contribution in [1.29, 1.82) is 0 Å². The van der Waals surface area contributed by atoms with E-state index in [9.17, 15) is 9.18 Å². The summed E-state index contributed by atoms with van der Waals surface area (Å²) in [6.07, 6.45) is 4.17. The number of aromatic nitrogens is 2. The van der Waals surface area contributed by atoms with Gasteiger partial charge in [0, 0.05) is 43.5 Å². The summed E-state index contributed by atoms with van der Waals surface area (Å²) in [6, 6.07) is 4.79. The van der Waals surface area contributed by atoms with Crippen molar-refractivity contribution in [2.45, 2.75) is 45.1 Å². The number of hydrogen-bond acceptors (Lipinski definition) is 5. The number of carbonyl (C=O) groups is 1. The van der Waals surface area contributed by atoms with E-state index in [4.69, 9.17) is 17.3 Å². The average molecular weight is 519 g/mol. The Hall–Kier alpha value is -1.67. The molecule has 3 unspecified atom stereocenters. The van der Waals surface area contributed by atoms with Crippen LogP contribution in [0.3, 0.4) is 0 Å². The molecule has 1 aliphatic heterocycles. The molecule has 2 aromatic rings. The van der Waals surface area contributed by atoms with Crippen LogP contribution in [0.2, 0.25) is 5.02 Å². The molecule has 1 amide bonds. The highest BCUT2D eigenvalue weighted by molar-refractivity contribution is 6.30. The number of amides is 1. The number of rotatable bonds is 5. The maximum Gasteiger partial charge on any atom is 0.227 e. The Kier molecular flexibility index (Phi) is 9.73. The summed E-state index contributed by atoms with van der Waals surface area (Å²) in [6.45, 7) is 6.51. The zero-order chi connectivity index (χ0) is 22.1. The SMILES string of the molecule is CC1CCc2ncnc(N3CCN(C(=O)C(CN)Cc4ccc(Cl)c(F)c4)CC3C)c21.Cl.Cl. The fourth-order valence-corrected chi connectivity index (χ4v) is 4.92. The predicted octanol–water partition coefficient (Wildman–Crippen LogP) is 4.02. The molecule has 33 heavy (non-hydrogen) atoms. The van der Waals surface area contributed by atoms with Crippen LogP contribution in [-0.2, 0) is 17.6 Å². The summed E-state index contributed by atoms with van der Waals surface area (Å²) < 4.78 is 13.8. The Morgan fingerprint density at radius 1 is 1.27 bits per heavy atom. The third-order valence-electron chi connectivity index (χ3n) is 6.56. The van der Waals surface area contributed by atoms with Gasteiger partial charge in [-0.25, -0.2) is 14.4 Å². The number of carbonyl (C=O) groups excluding carboxylic acids is 1. The van der Waals surface area contributed by atoms with Gasteiger partial charge in [-0.05, 0) is 49.8 Å². The van der Waals surface area contributed by atoms with Gasteiger partial charge in [0.15, 0.2) is 0 Å². The largest absolute Gasteiger partial charge is 0.350 e. The second-order valence-electron chi connectivity index (χ2n) is 8.71. The molecule has 6 nitrogen and oxygen atoms in total. The number of hydrogen-bond donors (Lipinski definition) is 1. The molecule has 0 spiro atoms. The van der Waals surface area contributed by atoms with Gasteiger partial charge in [0.2, 0.25) is 5.91 Å². The summed E-state index contributed by atoms with van der Waals surface area (Å²) in [7, 11) is 0. The molecule has 3 atom stereocenters. The zero-order valence-electron chi connectivity index (χ0n) is 18.8. The van der Waals surface area contributed by atoms with E-state index in [1.54, 1.807) is 12.4 Å². The number of anilines is 1. The van der Waals surface area contributed by atoms with E-state index < -0.39 is 5.82 Å². The molecule has 1 fully saturated rings. The van der Waals surface area contributed by atoms with Crippen molar-refractivity contribution in [2.75, 3.05) is 31.1 Å². The number of fused-ring (bicyclic) bond motifs is 1. The minimum atomic E-state index is -0.476. The molecule has 0 radical (unpaired) electrons. The molecule has 1 saturated heterocycles. The number of aryl methyl sites for hydroxylation is 1. The molecule has 2 N–H and O–H groups in total. The quantitative estimate of drug-likeness (QED) is 0.647. The molecular weight excluding hydrogens is 488 g/mol. The van der Waals surface area contributed by atoms with Crippen LogP contribution in [0.4, 0.5) is 10.2 Å². The first kappa shape index (κ1) is 27.6. The second kappa shape index (κ2) is 11.6. The van der Waals surface area contributed by atoms with Gasteiger partial charge in [0.05, 0.1) is 10.9 Å². The lowest BCUT2D eigenvalue weighted by atomic mass is 9.97. The summed E-state index contributed by atoms with van der Waals surface area (Å²) >= 11 is 5.77. The van der Waals surface area contributed by atoms with Gasteiger partial charge in [-0.1, -0.05) is 24.6 Å². The Balaban J connectivity index is 0.00000193. The summed E-state index contributed by atoms with van der Waals surface area (Å²) in [5.74, 6) is 0.630. The van der Waals surface area contributed by atoms with Gasteiger partial charge in [-0.2, -0.15) is 0 Å². The lowest BCUT2D eigenvalue weighted by Crippen LogP contribution is -2.56. The molecule has 0 saturated carbocycles. The van der Waals surface area contributed by atoms with E-state index in [1.807, 2.05) is 4.90 Å². The van der Waals surface area contributed by atoms with Crippen molar-refractivity contribution in [3.05, 3.63) is 52.2 Å². The molecule has 1 aromatic carbocycles. The Morgan fingerprint density at radius 3 is 2.70 bits per heavy atom. The zero-order valence-corrected chi connectivity index (χ0v) is 21.2. The van der Waals surface area contributed by atoms with Gasteiger partial charge in [0.25, 0.3) is 0 Å². The molecule has 4 rings (SSSR count). The minimum absolute atomic E-state index is 0. The summed E-state index contributed by atoms with van der Waals surface area (Å²) in [4.78, 5) is 26.5. The van der Waals surface area contributed by atoms with Crippen molar-refractivity contribution in [2.24, 2.45) is 11.7 Å². The molecule has 0 bridgehead atoms. The average Bonchev–Trinajstić information content (AvgIpc) is 3.15. The van der Waals surface area contributed by atoms with Crippen LogP contribution in [0.5, 0.6) is 0 Å². The van der Waals surface area contributed by atoms with Gasteiger partial charge in [0.1, 0.15) is 18.0 Å². The summed E-state index contributed by atoms with van der Waals surface area (Å²) in [5, 5.41) is 0.0786. The fraction of sp³-hybridized carbons (Fsp3) is 0.522. The van der Waals surface area contributed by atoms with E-state index >= 15 is 0 Å². The van der Waals surface area contributed by atoms with Crippen molar-refractivity contribution in [3.63, 3.8) is 0 Å². The van der Waals surface area contributed by atoms with Gasteiger partial charge < -0.3 is 15.5 Å². The van der Waals surface area contributed by atoms with Crippen LogP contribution < -0.4 is 10.6 Å². The van der Waals surface area contributed by atoms with Crippen LogP contribution in [0.1, 0.15) is 43.0 Å². The molecule has 2 aliphatic rings. The monoisotopic (exact) mass is 517 g/mol. The van der Waals surface area contributed by atoms with Crippen molar-refractivity contribution in [3.8, 4) is 0 Å². The van der Waals surface area contributed by atoms with E-state index in [0.29, 0.717) is 25.4 Å². The highest BCUT2D eigenvalue weighted by Gasteiger charge is 2.34. The molecule has 1 aromatic heterocycles. The van der Waals surface area contributed by atoms with Gasteiger partial charge in [-0.15, -0.1) is 24.8 Å². The topological polar surface area (TPSA) is 75.4 Å². The third kappa shape index (κ3) is 5.70. The number of nitrogens with zero attached hydrogens (tertiary/aromatic N) is 4. The molecule has 2 heterocycles. The van der Waals surface area contributed by atoms with Crippen molar-refractivity contribution >= 4 is 48.1 Å². The van der Waals surface area contributed by atoms with E-state index in [-0.39, 0.29) is 54.2 Å². The van der Waals surface area contributed by atoms with E-state index in [2.05, 4.69) is 28.7 Å². The fourth-order valence-electron chi connectivity index (χ4n) is 4.81. The van der Waals surface area contributed by atoms with E-state index in [1.165, 1.54) is 17.7 Å². The molecule has 1 aliphatic carbocycles. The van der Waals surface area contributed by atoms with Crippen LogP contribution in [0.15, 0.2) is 24.5 Å². The molecular formula is C23H31Cl3FN5O. The van der Waals surface area contributed by atoms with Crippen molar-refractivity contribution in [1.82, 2.24) is 14.9 Å². The highest BCUT2D eigenvalue weighted by atomic mass is 35.5. The predicted molar refractivity (Wildman–Crippen MR) is 134 cm³/mol. The first-order valence-electron chi connectivity index (χ1n) is 10.9. The lowest BCUT2D eigenvalue weighted by molar-refractivity contribution is -0.136. The molecule has 182 valence electrons. The van der Waals surface area contributed by atoms with Gasteiger partial charge in [-0.3, -0.25) is 4.79 Å². The first-order chi connectivity index (χ1) is 14.9. The normalized spacial score (nSPS) is 20.5. The first-order valence-corrected chi connectivity index (χ1v) is 11.3. The van der Waals surface area contributed by atoms with Crippen LogP contribution in [0, 0.1) is 11.7 Å². The Bertz CT molecular complexity index is 979. The standard InChI is InChI=1S/C23H29ClFN5O.2ClH/c1-14-3-6-20-21(14)22(28-13-27-20)30-8-7-29(12-15(30)2)23(31)17(11-26)9-16-4-5-18(24)19(25)10-16;;/h4-5,10,13-15,17H,3,6-9,11-12,26H2,1-2H3;2*1H. The highest BCUT2D eigenvalue weighted by Crippen LogP contribution is 2.38. The number of nitrogens with two attached hydrogens (primary N) is 1. The van der Waals surface area contributed by atoms with E-state index in [0.717, 1.165) is 36.5 Å². The Morgan fingerprint density at radius 2 is 2.03 bits per heavy atom. The number of piperazine rings is 1. The molecule has 10 heteroatoms. The number of benzene rings is 1. The van der Waals surface area contributed by atoms with Crippen LogP contribution >= 0.6 is 36.4 Å². The summed E-state index contributed by atoms with van der Waals surface area (Å²) in [5.41, 5.74) is 9.07. The lowest BCUT2D eigenvalue weighted by Gasteiger charge is -2.42. The second-order valence-corrected chi connectivity index (χ2v) is 9.12. The smallest absolute Gasteiger partial charge is 0.227 e. The van der Waals surface area contributed by atoms with Gasteiger partial charge >= 0.3 is 0 Å². The maximum absolute atomic E-state index is 13.8. The van der Waals surface area contributed by atoms with Crippen LogP contribution in [0.25, 0.3) is 0 Å². The number of halogens is 4. The van der Waals surface area contributed by atoms with Crippen molar-refractivity contribution < 1.29 is 9.18 Å². The minimum Gasteiger partial charge on any atom is -0.350 e. The third-order valence-corrected chi connectivity index (χ3v) is 6.87. The van der Waals surface area contributed by atoms with Crippen LogP contribution in [-0.4, -0.2) is 53.0 Å².